The summed E-state index contributed by atoms with van der Waals surface area (Å²) in [6, 6.07) is 13.5. The molecule has 3 aromatic rings. The van der Waals surface area contributed by atoms with Gasteiger partial charge < -0.3 is 14.2 Å². The van der Waals surface area contributed by atoms with Crippen molar-refractivity contribution >= 4 is 23.2 Å². The fraction of sp³-hybridized carbons (Fsp3) is 0.333. The average Bonchev–Trinajstić information content (AvgIpc) is 3.43. The van der Waals surface area contributed by atoms with Crippen LogP contribution in [0.2, 0.25) is 0 Å². The summed E-state index contributed by atoms with van der Waals surface area (Å²) in [5, 5.41) is 5.91. The molecule has 0 aliphatic heterocycles. The van der Waals surface area contributed by atoms with Crippen molar-refractivity contribution in [2.45, 2.75) is 26.3 Å². The van der Waals surface area contributed by atoms with Crippen molar-refractivity contribution < 1.29 is 18.8 Å². The van der Waals surface area contributed by atoms with Crippen LogP contribution in [-0.4, -0.2) is 40.6 Å². The highest BCUT2D eigenvalue weighted by molar-refractivity contribution is 7.13. The van der Waals surface area contributed by atoms with Gasteiger partial charge in [0.25, 0.3) is 0 Å². The summed E-state index contributed by atoms with van der Waals surface area (Å²) >= 11 is 1.53. The third-order valence-corrected chi connectivity index (χ3v) is 5.29. The van der Waals surface area contributed by atoms with Gasteiger partial charge in [-0.2, -0.15) is 4.98 Å². The molecule has 0 aliphatic rings. The molecule has 0 fully saturated rings. The first kappa shape index (κ1) is 20.7. The molecular formula is C21H23N3O4S. The molecule has 0 N–H and O–H groups in total. The first-order chi connectivity index (χ1) is 14.1. The molecule has 1 atom stereocenters. The molecule has 2 heterocycles. The Bertz CT molecular complexity index is 925. The lowest BCUT2D eigenvalue weighted by Crippen LogP contribution is -2.37. The summed E-state index contributed by atoms with van der Waals surface area (Å²) in [6.07, 6.45) is 0.557. The molecule has 0 saturated heterocycles. The van der Waals surface area contributed by atoms with Crippen LogP contribution in [0.3, 0.4) is 0 Å². The molecular weight excluding hydrogens is 390 g/mol. The maximum Gasteiger partial charge on any atom is 0.310 e. The highest BCUT2D eigenvalue weighted by Crippen LogP contribution is 2.21. The second kappa shape index (κ2) is 9.97. The van der Waals surface area contributed by atoms with Crippen molar-refractivity contribution in [2.24, 2.45) is 5.92 Å². The molecule has 1 unspecified atom stereocenters. The molecule has 0 radical (unpaired) electrons. The molecule has 0 aliphatic carbocycles. The van der Waals surface area contributed by atoms with E-state index in [1.54, 1.807) is 11.8 Å². The van der Waals surface area contributed by atoms with Gasteiger partial charge in [-0.15, -0.1) is 11.3 Å². The van der Waals surface area contributed by atoms with Gasteiger partial charge in [0.2, 0.25) is 17.6 Å². The smallest absolute Gasteiger partial charge is 0.310 e. The van der Waals surface area contributed by atoms with E-state index in [-0.39, 0.29) is 24.8 Å². The zero-order valence-corrected chi connectivity index (χ0v) is 17.2. The predicted molar refractivity (Wildman–Crippen MR) is 109 cm³/mol. The number of ether oxygens (including phenoxy) is 1. The van der Waals surface area contributed by atoms with E-state index < -0.39 is 5.92 Å². The van der Waals surface area contributed by atoms with Gasteiger partial charge in [0.1, 0.15) is 0 Å². The number of hydrogen-bond acceptors (Lipinski definition) is 7. The van der Waals surface area contributed by atoms with Crippen LogP contribution in [-0.2, 0) is 27.3 Å². The summed E-state index contributed by atoms with van der Waals surface area (Å²) in [5.74, 6) is 0.112. The van der Waals surface area contributed by atoms with E-state index in [1.165, 1.54) is 18.4 Å². The number of carbonyl (C=O) groups excluding carboxylic acids is 2. The molecule has 1 aromatic carbocycles. The summed E-state index contributed by atoms with van der Waals surface area (Å²) in [6.45, 7) is 2.46. The van der Waals surface area contributed by atoms with Gasteiger partial charge in [-0.05, 0) is 17.0 Å². The number of esters is 1. The minimum atomic E-state index is -0.415. The Morgan fingerprint density at radius 3 is 2.69 bits per heavy atom. The van der Waals surface area contributed by atoms with Crippen LogP contribution in [0.5, 0.6) is 0 Å². The van der Waals surface area contributed by atoms with Gasteiger partial charge in [-0.25, -0.2) is 0 Å². The van der Waals surface area contributed by atoms with Gasteiger partial charge in [0.15, 0.2) is 0 Å². The lowest BCUT2D eigenvalue weighted by atomic mass is 10.1. The molecule has 152 valence electrons. The number of rotatable bonds is 9. The van der Waals surface area contributed by atoms with Crippen molar-refractivity contribution in [3.63, 3.8) is 0 Å². The molecule has 0 bridgehead atoms. The number of carbonyl (C=O) groups is 2. The van der Waals surface area contributed by atoms with Crippen molar-refractivity contribution in [1.29, 1.82) is 0 Å². The van der Waals surface area contributed by atoms with E-state index in [1.807, 2.05) is 47.8 Å². The molecule has 0 spiro atoms. The van der Waals surface area contributed by atoms with Gasteiger partial charge in [-0.1, -0.05) is 48.5 Å². The first-order valence-corrected chi connectivity index (χ1v) is 10.2. The molecule has 0 saturated carbocycles. The Morgan fingerprint density at radius 1 is 1.21 bits per heavy atom. The number of benzene rings is 1. The van der Waals surface area contributed by atoms with Crippen LogP contribution in [0.1, 0.15) is 24.8 Å². The Kier molecular flexibility index (Phi) is 7.13. The van der Waals surface area contributed by atoms with Gasteiger partial charge in [0.05, 0.1) is 17.9 Å². The zero-order valence-electron chi connectivity index (χ0n) is 16.4. The second-order valence-electron chi connectivity index (χ2n) is 6.67. The highest BCUT2D eigenvalue weighted by atomic mass is 32.1. The fourth-order valence-electron chi connectivity index (χ4n) is 2.90. The quantitative estimate of drug-likeness (QED) is 0.499. The fourth-order valence-corrected chi connectivity index (χ4v) is 3.55. The van der Waals surface area contributed by atoms with Gasteiger partial charge in [0, 0.05) is 25.9 Å². The van der Waals surface area contributed by atoms with Crippen LogP contribution in [0, 0.1) is 5.92 Å². The summed E-state index contributed by atoms with van der Waals surface area (Å²) < 4.78 is 10.1. The van der Waals surface area contributed by atoms with E-state index in [0.29, 0.717) is 24.7 Å². The van der Waals surface area contributed by atoms with E-state index in [4.69, 9.17) is 9.26 Å². The largest absolute Gasteiger partial charge is 0.469 e. The monoisotopic (exact) mass is 413 g/mol. The second-order valence-corrected chi connectivity index (χ2v) is 7.62. The normalized spacial score (nSPS) is 11.8. The number of thiophene rings is 1. The molecule has 8 heteroatoms. The van der Waals surface area contributed by atoms with Crippen molar-refractivity contribution in [3.8, 4) is 10.7 Å². The van der Waals surface area contributed by atoms with E-state index in [2.05, 4.69) is 10.1 Å². The van der Waals surface area contributed by atoms with Crippen LogP contribution in [0.4, 0.5) is 0 Å². The standard InChI is InChI=1S/C21H23N3O4S/c1-15(21(26)27-2)13-24(14-16-7-4-3-5-8-16)19(25)11-10-18-22-20(23-28-18)17-9-6-12-29-17/h3-9,12,15H,10-11,13-14H2,1-2H3. The van der Waals surface area contributed by atoms with Crippen LogP contribution in [0.25, 0.3) is 10.7 Å². The van der Waals surface area contributed by atoms with E-state index >= 15 is 0 Å². The van der Waals surface area contributed by atoms with E-state index in [0.717, 1.165) is 10.4 Å². The highest BCUT2D eigenvalue weighted by Gasteiger charge is 2.22. The Hall–Kier alpha value is -3.00. The summed E-state index contributed by atoms with van der Waals surface area (Å²) in [7, 11) is 1.35. The molecule has 1 amide bonds. The molecule has 29 heavy (non-hydrogen) atoms. The Morgan fingerprint density at radius 2 is 2.00 bits per heavy atom. The number of aromatic nitrogens is 2. The maximum absolute atomic E-state index is 12.9. The van der Waals surface area contributed by atoms with Crippen molar-refractivity contribution in [2.75, 3.05) is 13.7 Å². The average molecular weight is 413 g/mol. The third-order valence-electron chi connectivity index (χ3n) is 4.43. The lowest BCUT2D eigenvalue weighted by molar-refractivity contribution is -0.146. The predicted octanol–water partition coefficient (Wildman–Crippen LogP) is 3.57. The zero-order chi connectivity index (χ0) is 20.6. The van der Waals surface area contributed by atoms with Crippen LogP contribution < -0.4 is 0 Å². The Balaban J connectivity index is 1.64. The number of methoxy groups -OCH3 is 1. The number of aryl methyl sites for hydroxylation is 1. The molecule has 2 aromatic heterocycles. The third kappa shape index (κ3) is 5.74. The number of amides is 1. The topological polar surface area (TPSA) is 85.5 Å². The molecule has 7 nitrogen and oxygen atoms in total. The van der Waals surface area contributed by atoms with Gasteiger partial charge in [-0.3, -0.25) is 9.59 Å². The molecule has 3 rings (SSSR count). The number of hydrogen-bond donors (Lipinski definition) is 0. The van der Waals surface area contributed by atoms with Crippen LogP contribution >= 0.6 is 11.3 Å². The maximum atomic E-state index is 12.9. The minimum absolute atomic E-state index is 0.0829. The number of nitrogens with zero attached hydrogens (tertiary/aromatic N) is 3. The van der Waals surface area contributed by atoms with E-state index in [9.17, 15) is 9.59 Å². The SMILES string of the molecule is COC(=O)C(C)CN(Cc1ccccc1)C(=O)CCc1nc(-c2cccs2)no1. The lowest BCUT2D eigenvalue weighted by Gasteiger charge is -2.25. The van der Waals surface area contributed by atoms with Gasteiger partial charge >= 0.3 is 5.97 Å². The minimum Gasteiger partial charge on any atom is -0.469 e. The summed E-state index contributed by atoms with van der Waals surface area (Å²) in [5.41, 5.74) is 0.996. The van der Waals surface area contributed by atoms with Crippen LogP contribution in [0.15, 0.2) is 52.4 Å². The first-order valence-electron chi connectivity index (χ1n) is 9.32. The van der Waals surface area contributed by atoms with Crippen molar-refractivity contribution in [3.05, 3.63) is 59.3 Å². The van der Waals surface area contributed by atoms with Crippen molar-refractivity contribution in [1.82, 2.24) is 15.0 Å². The Labute approximate surface area is 173 Å². The summed E-state index contributed by atoms with van der Waals surface area (Å²) in [4.78, 5) is 31.7.